The Morgan fingerprint density at radius 3 is 2.71 bits per heavy atom. The van der Waals surface area contributed by atoms with Gasteiger partial charge in [0, 0.05) is 12.1 Å². The van der Waals surface area contributed by atoms with Crippen LogP contribution in [0.3, 0.4) is 0 Å². The first kappa shape index (κ1) is 20.2. The van der Waals surface area contributed by atoms with Gasteiger partial charge in [-0.25, -0.2) is 8.42 Å². The topological polar surface area (TPSA) is 75.7 Å². The van der Waals surface area contributed by atoms with Crippen molar-refractivity contribution in [3.05, 3.63) is 59.7 Å². The Morgan fingerprint density at radius 1 is 1.18 bits per heavy atom. The van der Waals surface area contributed by atoms with Crippen LogP contribution in [0.1, 0.15) is 35.7 Å². The second-order valence-electron chi connectivity index (χ2n) is 7.10. The summed E-state index contributed by atoms with van der Waals surface area (Å²) in [5.41, 5.74) is 2.01. The minimum Gasteiger partial charge on any atom is -0.491 e. The molecule has 6 nitrogen and oxygen atoms in total. The Kier molecular flexibility index (Phi) is 6.24. The van der Waals surface area contributed by atoms with Gasteiger partial charge >= 0.3 is 0 Å². The van der Waals surface area contributed by atoms with Gasteiger partial charge in [0.1, 0.15) is 12.4 Å². The molecule has 0 aromatic heterocycles. The highest BCUT2D eigenvalue weighted by Gasteiger charge is 2.26. The zero-order valence-electron chi connectivity index (χ0n) is 16.2. The van der Waals surface area contributed by atoms with E-state index < -0.39 is 10.0 Å². The van der Waals surface area contributed by atoms with Crippen molar-refractivity contribution < 1.29 is 17.9 Å². The van der Waals surface area contributed by atoms with E-state index in [4.69, 9.17) is 4.74 Å². The van der Waals surface area contributed by atoms with Crippen LogP contribution in [0.25, 0.3) is 0 Å². The number of aryl methyl sites for hydroxylation is 1. The Morgan fingerprint density at radius 2 is 1.96 bits per heavy atom. The van der Waals surface area contributed by atoms with Gasteiger partial charge < -0.3 is 10.1 Å². The fraction of sp³-hybridized carbons (Fsp3) is 0.381. The molecule has 0 bridgehead atoms. The number of carbonyl (C=O) groups excluding carboxylic acids is 1. The molecule has 1 heterocycles. The van der Waals surface area contributed by atoms with Gasteiger partial charge in [-0.3, -0.25) is 9.10 Å². The van der Waals surface area contributed by atoms with E-state index in [1.54, 1.807) is 24.3 Å². The monoisotopic (exact) mass is 402 g/mol. The maximum Gasteiger partial charge on any atom is 0.251 e. The molecular weight excluding hydrogens is 376 g/mol. The molecule has 1 saturated heterocycles. The van der Waals surface area contributed by atoms with E-state index in [1.807, 2.05) is 38.1 Å². The Labute approximate surface area is 166 Å². The molecule has 1 aliphatic heterocycles. The predicted molar refractivity (Wildman–Crippen MR) is 110 cm³/mol. The van der Waals surface area contributed by atoms with Gasteiger partial charge in [0.2, 0.25) is 10.0 Å². The third-order valence-corrected chi connectivity index (χ3v) is 6.58. The number of rotatable bonds is 6. The summed E-state index contributed by atoms with van der Waals surface area (Å²) in [6.07, 6.45) is 1.50. The number of hydrogen-bond acceptors (Lipinski definition) is 4. The quantitative estimate of drug-likeness (QED) is 0.806. The summed E-state index contributed by atoms with van der Waals surface area (Å²) < 4.78 is 31.8. The van der Waals surface area contributed by atoms with Crippen molar-refractivity contribution >= 4 is 21.6 Å². The predicted octanol–water partition coefficient (Wildman–Crippen LogP) is 3.12. The summed E-state index contributed by atoms with van der Waals surface area (Å²) in [7, 11) is -3.30. The normalized spacial score (nSPS) is 17.0. The van der Waals surface area contributed by atoms with Crippen molar-refractivity contribution in [2.45, 2.75) is 32.7 Å². The van der Waals surface area contributed by atoms with Crippen molar-refractivity contribution in [3.63, 3.8) is 0 Å². The largest absolute Gasteiger partial charge is 0.491 e. The van der Waals surface area contributed by atoms with Gasteiger partial charge in [0.25, 0.3) is 5.91 Å². The number of sulfonamides is 1. The lowest BCUT2D eigenvalue weighted by atomic mass is 10.1. The van der Waals surface area contributed by atoms with Crippen molar-refractivity contribution in [2.24, 2.45) is 0 Å². The third-order valence-electron chi connectivity index (χ3n) is 4.71. The first-order chi connectivity index (χ1) is 13.4. The highest BCUT2D eigenvalue weighted by atomic mass is 32.2. The zero-order valence-corrected chi connectivity index (χ0v) is 17.0. The molecular formula is C21H26N2O4S. The van der Waals surface area contributed by atoms with E-state index in [0.29, 0.717) is 30.8 Å². The molecule has 150 valence electrons. The Balaban J connectivity index is 1.63. The van der Waals surface area contributed by atoms with Crippen LogP contribution in [0.2, 0.25) is 0 Å². The highest BCUT2D eigenvalue weighted by Crippen LogP contribution is 2.24. The fourth-order valence-corrected chi connectivity index (χ4v) is 4.79. The molecule has 0 radical (unpaired) electrons. The lowest BCUT2D eigenvalue weighted by Crippen LogP contribution is -2.38. The lowest BCUT2D eigenvalue weighted by molar-refractivity contribution is 0.0926. The van der Waals surface area contributed by atoms with Crippen molar-refractivity contribution in [1.82, 2.24) is 5.32 Å². The molecule has 0 saturated carbocycles. The minimum atomic E-state index is -3.30. The zero-order chi connectivity index (χ0) is 20.1. The molecule has 0 spiro atoms. The summed E-state index contributed by atoms with van der Waals surface area (Å²) in [6, 6.07) is 14.3. The average Bonchev–Trinajstić information content (AvgIpc) is 2.67. The van der Waals surface area contributed by atoms with Crippen LogP contribution in [-0.2, 0) is 10.0 Å². The van der Waals surface area contributed by atoms with Crippen LogP contribution in [0, 0.1) is 6.92 Å². The first-order valence-corrected chi connectivity index (χ1v) is 11.1. The average molecular weight is 403 g/mol. The SMILES string of the molecule is Cc1ccccc1OC[C@H](C)NC(=O)c1cccc(N2CCCCS2(=O)=O)c1. The maximum atomic E-state index is 12.6. The number of ether oxygens (including phenoxy) is 1. The van der Waals surface area contributed by atoms with E-state index in [1.165, 1.54) is 4.31 Å². The number of nitrogens with one attached hydrogen (secondary N) is 1. The molecule has 0 aliphatic carbocycles. The number of anilines is 1. The van der Waals surface area contributed by atoms with Gasteiger partial charge in [-0.2, -0.15) is 0 Å². The van der Waals surface area contributed by atoms with Crippen LogP contribution in [-0.4, -0.2) is 39.3 Å². The van der Waals surface area contributed by atoms with Gasteiger partial charge in [0.15, 0.2) is 0 Å². The molecule has 1 amide bonds. The number of nitrogens with zero attached hydrogens (tertiary/aromatic N) is 1. The smallest absolute Gasteiger partial charge is 0.251 e. The molecule has 7 heteroatoms. The van der Waals surface area contributed by atoms with Crippen molar-refractivity contribution in [1.29, 1.82) is 0 Å². The van der Waals surface area contributed by atoms with E-state index in [0.717, 1.165) is 17.7 Å². The molecule has 1 N–H and O–H groups in total. The van der Waals surface area contributed by atoms with Gasteiger partial charge in [-0.15, -0.1) is 0 Å². The van der Waals surface area contributed by atoms with Gasteiger partial charge in [0.05, 0.1) is 17.5 Å². The molecule has 2 aromatic rings. The van der Waals surface area contributed by atoms with Crippen LogP contribution in [0.5, 0.6) is 5.75 Å². The van der Waals surface area contributed by atoms with Crippen LogP contribution < -0.4 is 14.4 Å². The van der Waals surface area contributed by atoms with E-state index >= 15 is 0 Å². The number of para-hydroxylation sites is 1. The van der Waals surface area contributed by atoms with E-state index in [9.17, 15) is 13.2 Å². The summed E-state index contributed by atoms with van der Waals surface area (Å²) in [5.74, 6) is 0.689. The number of amides is 1. The van der Waals surface area contributed by atoms with Gasteiger partial charge in [-0.1, -0.05) is 24.3 Å². The molecule has 28 heavy (non-hydrogen) atoms. The molecule has 1 atom stereocenters. The standard InChI is InChI=1S/C21H26N2O4S/c1-16-8-3-4-11-20(16)27-15-17(2)22-21(24)18-9-7-10-19(14-18)23-12-5-6-13-28(23,25)26/h3-4,7-11,14,17H,5-6,12-13,15H2,1-2H3,(H,22,24)/t17-/m0/s1. The molecule has 1 aliphatic rings. The van der Waals surface area contributed by atoms with Crippen molar-refractivity contribution in [3.8, 4) is 5.75 Å². The molecule has 2 aromatic carbocycles. The number of carbonyl (C=O) groups is 1. The molecule has 1 fully saturated rings. The summed E-state index contributed by atoms with van der Waals surface area (Å²) in [6.45, 7) is 4.64. The maximum absolute atomic E-state index is 12.6. The van der Waals surface area contributed by atoms with E-state index in [2.05, 4.69) is 5.32 Å². The van der Waals surface area contributed by atoms with Crippen LogP contribution >= 0.6 is 0 Å². The molecule has 0 unspecified atom stereocenters. The first-order valence-electron chi connectivity index (χ1n) is 9.46. The van der Waals surface area contributed by atoms with E-state index in [-0.39, 0.29) is 17.7 Å². The summed E-state index contributed by atoms with van der Waals surface area (Å²) in [5, 5.41) is 2.90. The third kappa shape index (κ3) is 4.84. The van der Waals surface area contributed by atoms with Crippen molar-refractivity contribution in [2.75, 3.05) is 23.2 Å². The summed E-state index contributed by atoms with van der Waals surface area (Å²) in [4.78, 5) is 12.6. The molecule has 3 rings (SSSR count). The Bertz CT molecular complexity index is 943. The highest BCUT2D eigenvalue weighted by molar-refractivity contribution is 7.92. The second-order valence-corrected chi connectivity index (χ2v) is 9.11. The summed E-state index contributed by atoms with van der Waals surface area (Å²) >= 11 is 0. The number of hydrogen-bond donors (Lipinski definition) is 1. The Hall–Kier alpha value is -2.54. The van der Waals surface area contributed by atoms with Crippen LogP contribution in [0.4, 0.5) is 5.69 Å². The number of benzene rings is 2. The van der Waals surface area contributed by atoms with Crippen LogP contribution in [0.15, 0.2) is 48.5 Å². The minimum absolute atomic E-state index is 0.150. The van der Waals surface area contributed by atoms with Gasteiger partial charge in [-0.05, 0) is 56.5 Å². The second kappa shape index (κ2) is 8.65. The lowest BCUT2D eigenvalue weighted by Gasteiger charge is -2.28. The fourth-order valence-electron chi connectivity index (χ4n) is 3.16.